The normalized spacial score (nSPS) is 10.5. The lowest BCUT2D eigenvalue weighted by Crippen LogP contribution is -2.19. The summed E-state index contributed by atoms with van der Waals surface area (Å²) >= 11 is 0. The van der Waals surface area contributed by atoms with Crippen LogP contribution in [-0.4, -0.2) is 26.0 Å². The lowest BCUT2D eigenvalue weighted by molar-refractivity contribution is 0.262. The minimum Gasteiger partial charge on any atom is -0.438 e. The van der Waals surface area contributed by atoms with Gasteiger partial charge in [0, 0.05) is 23.6 Å². The van der Waals surface area contributed by atoms with E-state index in [4.69, 9.17) is 4.74 Å². The molecular formula is C23H22N6O2. The summed E-state index contributed by atoms with van der Waals surface area (Å²) in [6, 6.07) is 18.0. The number of carbonyl (C=O) groups excluding carboxylic acids is 1. The summed E-state index contributed by atoms with van der Waals surface area (Å²) < 4.78 is 7.37. The minimum atomic E-state index is -0.309. The number of carbonyl (C=O) groups is 1. The maximum absolute atomic E-state index is 12.3. The Morgan fingerprint density at radius 3 is 2.35 bits per heavy atom. The van der Waals surface area contributed by atoms with Crippen LogP contribution in [0.4, 0.5) is 16.2 Å². The number of aromatic nitrogens is 4. The van der Waals surface area contributed by atoms with Crippen molar-refractivity contribution in [2.75, 3.05) is 10.6 Å². The number of benzene rings is 2. The van der Waals surface area contributed by atoms with Crippen molar-refractivity contribution in [3.8, 4) is 17.4 Å². The van der Waals surface area contributed by atoms with Crippen molar-refractivity contribution in [3.05, 3.63) is 83.7 Å². The molecule has 2 N–H and O–H groups in total. The largest absolute Gasteiger partial charge is 0.438 e. The Bertz CT molecular complexity index is 1200. The van der Waals surface area contributed by atoms with Crippen molar-refractivity contribution < 1.29 is 9.53 Å². The summed E-state index contributed by atoms with van der Waals surface area (Å²) in [6.45, 7) is 5.88. The van der Waals surface area contributed by atoms with Gasteiger partial charge in [0.15, 0.2) is 5.82 Å². The summed E-state index contributed by atoms with van der Waals surface area (Å²) in [6.07, 6.45) is 1.82. The number of amides is 2. The minimum absolute atomic E-state index is 0.309. The molecular weight excluding hydrogens is 392 g/mol. The van der Waals surface area contributed by atoms with E-state index in [1.165, 1.54) is 0 Å². The van der Waals surface area contributed by atoms with Gasteiger partial charge in [-0.2, -0.15) is 5.10 Å². The van der Waals surface area contributed by atoms with Crippen LogP contribution in [-0.2, 0) is 0 Å². The molecule has 2 aromatic heterocycles. The van der Waals surface area contributed by atoms with E-state index < -0.39 is 0 Å². The first kappa shape index (κ1) is 20.1. The molecule has 8 heteroatoms. The summed E-state index contributed by atoms with van der Waals surface area (Å²) in [5, 5.41) is 18.2. The standard InChI is InChI=1S/C23H22N6O2/c1-15-4-9-20(16(2)14-15)25-23(30)24-18-5-7-19(8-6-18)31-22-11-10-21(26-27-22)29-13-12-17(3)28-29/h4-14H,1-3H3,(H2,24,25,30). The van der Waals surface area contributed by atoms with Crippen LogP contribution >= 0.6 is 0 Å². The molecule has 0 aliphatic rings. The Balaban J connectivity index is 1.35. The molecule has 0 bridgehead atoms. The predicted molar refractivity (Wildman–Crippen MR) is 119 cm³/mol. The summed E-state index contributed by atoms with van der Waals surface area (Å²) in [5.74, 6) is 1.55. The highest BCUT2D eigenvalue weighted by Crippen LogP contribution is 2.22. The fourth-order valence-corrected chi connectivity index (χ4v) is 3.00. The number of urea groups is 1. The smallest absolute Gasteiger partial charge is 0.323 e. The molecule has 2 amide bonds. The van der Waals surface area contributed by atoms with Crippen molar-refractivity contribution in [1.82, 2.24) is 20.0 Å². The second kappa shape index (κ2) is 8.66. The van der Waals surface area contributed by atoms with Crippen LogP contribution in [0.3, 0.4) is 0 Å². The number of rotatable bonds is 5. The molecule has 156 valence electrons. The van der Waals surface area contributed by atoms with Gasteiger partial charge in [0.2, 0.25) is 5.88 Å². The Morgan fingerprint density at radius 2 is 1.71 bits per heavy atom. The van der Waals surface area contributed by atoms with Crippen LogP contribution in [0.2, 0.25) is 0 Å². The van der Waals surface area contributed by atoms with Crippen LogP contribution in [0, 0.1) is 20.8 Å². The fraction of sp³-hybridized carbons (Fsp3) is 0.130. The van der Waals surface area contributed by atoms with E-state index in [1.807, 2.05) is 51.2 Å². The van der Waals surface area contributed by atoms with Gasteiger partial charge in [-0.15, -0.1) is 10.2 Å². The zero-order valence-electron chi connectivity index (χ0n) is 17.5. The molecule has 0 radical (unpaired) electrons. The molecule has 0 saturated heterocycles. The number of aryl methyl sites for hydroxylation is 3. The Labute approximate surface area is 179 Å². The summed E-state index contributed by atoms with van der Waals surface area (Å²) in [4.78, 5) is 12.3. The van der Waals surface area contributed by atoms with Gasteiger partial charge in [0.25, 0.3) is 0 Å². The summed E-state index contributed by atoms with van der Waals surface area (Å²) in [5.41, 5.74) is 4.47. The van der Waals surface area contributed by atoms with Gasteiger partial charge in [-0.25, -0.2) is 9.48 Å². The average molecular weight is 414 g/mol. The monoisotopic (exact) mass is 414 g/mol. The molecule has 0 atom stereocenters. The second-order valence-electron chi connectivity index (χ2n) is 7.16. The van der Waals surface area contributed by atoms with Crippen LogP contribution in [0.5, 0.6) is 11.6 Å². The zero-order valence-corrected chi connectivity index (χ0v) is 17.5. The van der Waals surface area contributed by atoms with E-state index in [0.717, 1.165) is 22.5 Å². The molecule has 4 rings (SSSR count). The van der Waals surface area contributed by atoms with Gasteiger partial charge in [-0.1, -0.05) is 17.7 Å². The number of nitrogens with one attached hydrogen (secondary N) is 2. The molecule has 0 aliphatic heterocycles. The van der Waals surface area contributed by atoms with Gasteiger partial charge < -0.3 is 15.4 Å². The lowest BCUT2D eigenvalue weighted by Gasteiger charge is -2.11. The van der Waals surface area contributed by atoms with Gasteiger partial charge in [-0.05, 0) is 68.8 Å². The Kier molecular flexibility index (Phi) is 5.61. The van der Waals surface area contributed by atoms with Crippen LogP contribution in [0.25, 0.3) is 5.82 Å². The highest BCUT2D eigenvalue weighted by Gasteiger charge is 2.07. The molecule has 0 fully saturated rings. The van der Waals surface area contributed by atoms with E-state index in [0.29, 0.717) is 23.1 Å². The van der Waals surface area contributed by atoms with Gasteiger partial charge in [0.1, 0.15) is 5.75 Å². The van der Waals surface area contributed by atoms with E-state index in [1.54, 1.807) is 41.1 Å². The lowest BCUT2D eigenvalue weighted by atomic mass is 10.1. The molecule has 8 nitrogen and oxygen atoms in total. The van der Waals surface area contributed by atoms with Crippen LogP contribution in [0.1, 0.15) is 16.8 Å². The highest BCUT2D eigenvalue weighted by atomic mass is 16.5. The maximum atomic E-state index is 12.3. The van der Waals surface area contributed by atoms with E-state index in [-0.39, 0.29) is 6.03 Å². The molecule has 31 heavy (non-hydrogen) atoms. The number of nitrogens with zero attached hydrogens (tertiary/aromatic N) is 4. The second-order valence-corrected chi connectivity index (χ2v) is 7.16. The first-order valence-corrected chi connectivity index (χ1v) is 9.76. The number of ether oxygens (including phenoxy) is 1. The summed E-state index contributed by atoms with van der Waals surface area (Å²) in [7, 11) is 0. The molecule has 0 unspecified atom stereocenters. The molecule has 2 aromatic carbocycles. The quantitative estimate of drug-likeness (QED) is 0.478. The molecule has 0 spiro atoms. The van der Waals surface area contributed by atoms with Crippen molar-refractivity contribution >= 4 is 17.4 Å². The first-order valence-electron chi connectivity index (χ1n) is 9.76. The van der Waals surface area contributed by atoms with Crippen molar-refractivity contribution in [2.45, 2.75) is 20.8 Å². The molecule has 4 aromatic rings. The Morgan fingerprint density at radius 1 is 0.903 bits per heavy atom. The van der Waals surface area contributed by atoms with E-state index >= 15 is 0 Å². The first-order chi connectivity index (χ1) is 15.0. The third kappa shape index (κ3) is 5.05. The van der Waals surface area contributed by atoms with Crippen molar-refractivity contribution in [1.29, 1.82) is 0 Å². The average Bonchev–Trinajstić information content (AvgIpc) is 3.18. The maximum Gasteiger partial charge on any atom is 0.323 e. The third-order valence-corrected chi connectivity index (χ3v) is 4.55. The predicted octanol–water partition coefficient (Wildman–Crippen LogP) is 5.02. The van der Waals surface area contributed by atoms with Crippen molar-refractivity contribution in [2.24, 2.45) is 0 Å². The van der Waals surface area contributed by atoms with Crippen molar-refractivity contribution in [3.63, 3.8) is 0 Å². The molecule has 0 aliphatic carbocycles. The molecule has 0 saturated carbocycles. The van der Waals surface area contributed by atoms with Gasteiger partial charge >= 0.3 is 6.03 Å². The molecule has 2 heterocycles. The van der Waals surface area contributed by atoms with Crippen LogP contribution < -0.4 is 15.4 Å². The van der Waals surface area contributed by atoms with Gasteiger partial charge in [0.05, 0.1) is 5.69 Å². The Hall–Kier alpha value is -4.20. The number of hydrogen-bond acceptors (Lipinski definition) is 5. The highest BCUT2D eigenvalue weighted by molar-refractivity contribution is 6.00. The number of anilines is 2. The number of hydrogen-bond donors (Lipinski definition) is 2. The van der Waals surface area contributed by atoms with E-state index in [9.17, 15) is 4.79 Å². The third-order valence-electron chi connectivity index (χ3n) is 4.55. The SMILES string of the molecule is Cc1ccc(NC(=O)Nc2ccc(Oc3ccc(-n4ccc(C)n4)nn3)cc2)c(C)c1. The fourth-order valence-electron chi connectivity index (χ4n) is 3.00. The zero-order chi connectivity index (χ0) is 21.8. The topological polar surface area (TPSA) is 94.0 Å². The van der Waals surface area contributed by atoms with Gasteiger partial charge in [-0.3, -0.25) is 0 Å². The van der Waals surface area contributed by atoms with Crippen LogP contribution in [0.15, 0.2) is 66.9 Å². The van der Waals surface area contributed by atoms with E-state index in [2.05, 4.69) is 25.9 Å².